The predicted octanol–water partition coefficient (Wildman–Crippen LogP) is 5.80. The summed E-state index contributed by atoms with van der Waals surface area (Å²) in [7, 11) is 0. The molecule has 8 heteroatoms. The maximum atomic E-state index is 14.5. The topological polar surface area (TPSA) is 85.4 Å². The van der Waals surface area contributed by atoms with Gasteiger partial charge in [-0.05, 0) is 49.2 Å². The van der Waals surface area contributed by atoms with Crippen LogP contribution in [0.4, 0.5) is 13.6 Å². The monoisotopic (exact) mass is 491 g/mol. The number of amides is 2. The van der Waals surface area contributed by atoms with Crippen molar-refractivity contribution in [1.29, 1.82) is 0 Å². The van der Waals surface area contributed by atoms with Crippen LogP contribution in [-0.2, 0) is 17.8 Å². The highest BCUT2D eigenvalue weighted by atomic mass is 19.1. The number of carboxylic acid groups (broad SMARTS) is 1. The quantitative estimate of drug-likeness (QED) is 0.291. The van der Waals surface area contributed by atoms with Crippen molar-refractivity contribution in [2.24, 2.45) is 0 Å². The lowest BCUT2D eigenvalue weighted by atomic mass is 9.88. The molecule has 4 aromatic rings. The Balaban J connectivity index is 1.75. The van der Waals surface area contributed by atoms with Crippen LogP contribution in [0.5, 0.6) is 0 Å². The molecule has 2 unspecified atom stereocenters. The lowest BCUT2D eigenvalue weighted by Crippen LogP contribution is -2.60. The summed E-state index contributed by atoms with van der Waals surface area (Å²) in [5.74, 6) is -2.00. The number of H-pyrrole nitrogens is 1. The number of carbonyl (C=O) groups excluding carboxylic acids is 1. The molecule has 0 saturated heterocycles. The SMILES string of the molecule is CC(NC(=O)C(C)(Cc1c[nH]c2ccccc12)N(Cc1cc(F)ccc1F)C(=O)O)c1ccccc1. The van der Waals surface area contributed by atoms with Gasteiger partial charge < -0.3 is 15.4 Å². The summed E-state index contributed by atoms with van der Waals surface area (Å²) in [6.07, 6.45) is 0.316. The van der Waals surface area contributed by atoms with E-state index in [0.29, 0.717) is 0 Å². The van der Waals surface area contributed by atoms with Crippen molar-refractivity contribution < 1.29 is 23.5 Å². The van der Waals surface area contributed by atoms with Gasteiger partial charge in [0, 0.05) is 29.1 Å². The van der Waals surface area contributed by atoms with Crippen molar-refractivity contribution in [3.63, 3.8) is 0 Å². The molecule has 186 valence electrons. The van der Waals surface area contributed by atoms with Gasteiger partial charge in [0.25, 0.3) is 0 Å². The van der Waals surface area contributed by atoms with Crippen LogP contribution in [0.1, 0.15) is 36.6 Å². The van der Waals surface area contributed by atoms with Gasteiger partial charge in [0.05, 0.1) is 12.6 Å². The number of para-hydroxylation sites is 1. The smallest absolute Gasteiger partial charge is 0.408 e. The zero-order valence-corrected chi connectivity index (χ0v) is 20.0. The second-order valence-corrected chi connectivity index (χ2v) is 9.02. The molecule has 36 heavy (non-hydrogen) atoms. The largest absolute Gasteiger partial charge is 0.465 e. The lowest BCUT2D eigenvalue weighted by molar-refractivity contribution is -0.132. The number of halogens is 2. The van der Waals surface area contributed by atoms with Crippen molar-refractivity contribution in [3.05, 3.63) is 107 Å². The van der Waals surface area contributed by atoms with Crippen LogP contribution in [-0.4, -0.2) is 32.5 Å². The zero-order chi connectivity index (χ0) is 25.9. The van der Waals surface area contributed by atoms with E-state index in [9.17, 15) is 23.5 Å². The van der Waals surface area contributed by atoms with E-state index >= 15 is 0 Å². The van der Waals surface area contributed by atoms with Gasteiger partial charge in [0.2, 0.25) is 5.91 Å². The van der Waals surface area contributed by atoms with Gasteiger partial charge in [-0.25, -0.2) is 13.6 Å². The molecular formula is C28H27F2N3O3. The number of aromatic amines is 1. The highest BCUT2D eigenvalue weighted by Gasteiger charge is 2.44. The predicted molar refractivity (Wildman–Crippen MR) is 133 cm³/mol. The molecule has 0 spiro atoms. The minimum atomic E-state index is -1.65. The molecule has 0 saturated carbocycles. The van der Waals surface area contributed by atoms with E-state index in [1.807, 2.05) is 54.6 Å². The van der Waals surface area contributed by atoms with Gasteiger partial charge >= 0.3 is 6.09 Å². The molecule has 4 rings (SSSR count). The molecule has 3 N–H and O–H groups in total. The van der Waals surface area contributed by atoms with E-state index in [2.05, 4.69) is 10.3 Å². The summed E-state index contributed by atoms with van der Waals surface area (Å²) in [5, 5.41) is 14.0. The standard InChI is InChI=1S/C28H27F2N3O3/c1-18(19-8-4-3-5-9-19)32-26(34)28(2,15-21-16-31-25-11-7-6-10-23(21)25)33(27(35)36)17-20-14-22(29)12-13-24(20)30/h3-14,16,18,31H,15,17H2,1-2H3,(H,32,34)(H,35,36). The maximum absolute atomic E-state index is 14.5. The number of nitrogens with one attached hydrogen (secondary N) is 2. The first-order valence-corrected chi connectivity index (χ1v) is 11.5. The van der Waals surface area contributed by atoms with Gasteiger partial charge in [-0.2, -0.15) is 0 Å². The second kappa shape index (κ2) is 10.2. The molecule has 0 radical (unpaired) electrons. The fourth-order valence-electron chi connectivity index (χ4n) is 4.41. The van der Waals surface area contributed by atoms with E-state index in [1.165, 1.54) is 6.92 Å². The highest BCUT2D eigenvalue weighted by Crippen LogP contribution is 2.30. The number of benzene rings is 3. The minimum Gasteiger partial charge on any atom is -0.465 e. The third kappa shape index (κ3) is 5.07. The number of hydrogen-bond acceptors (Lipinski definition) is 2. The van der Waals surface area contributed by atoms with Crippen LogP contribution in [0.2, 0.25) is 0 Å². The van der Waals surface area contributed by atoms with E-state index in [4.69, 9.17) is 0 Å². The number of rotatable bonds is 8. The number of carbonyl (C=O) groups is 2. The molecule has 0 bridgehead atoms. The Morgan fingerprint density at radius 1 is 1.03 bits per heavy atom. The Bertz CT molecular complexity index is 1390. The molecule has 1 aromatic heterocycles. The van der Waals surface area contributed by atoms with Crippen molar-refractivity contribution >= 4 is 22.9 Å². The van der Waals surface area contributed by atoms with Crippen molar-refractivity contribution in [2.45, 2.75) is 38.4 Å². The fourth-order valence-corrected chi connectivity index (χ4v) is 4.41. The Morgan fingerprint density at radius 3 is 2.44 bits per heavy atom. The first kappa shape index (κ1) is 24.9. The Hall–Kier alpha value is -4.20. The summed E-state index contributed by atoms with van der Waals surface area (Å²) in [4.78, 5) is 30.3. The molecule has 3 aromatic carbocycles. The average Bonchev–Trinajstić information content (AvgIpc) is 3.27. The van der Waals surface area contributed by atoms with Gasteiger partial charge in [0.15, 0.2) is 0 Å². The lowest BCUT2D eigenvalue weighted by Gasteiger charge is -2.39. The van der Waals surface area contributed by atoms with Crippen LogP contribution in [0.3, 0.4) is 0 Å². The van der Waals surface area contributed by atoms with E-state index in [1.54, 1.807) is 13.1 Å². The third-order valence-electron chi connectivity index (χ3n) is 6.51. The summed E-state index contributed by atoms with van der Waals surface area (Å²) in [5.41, 5.74) is 0.593. The molecular weight excluding hydrogens is 464 g/mol. The van der Waals surface area contributed by atoms with Gasteiger partial charge in [-0.15, -0.1) is 0 Å². The Morgan fingerprint density at radius 2 is 1.72 bits per heavy atom. The molecule has 0 fully saturated rings. The third-order valence-corrected chi connectivity index (χ3v) is 6.51. The fraction of sp³-hybridized carbons (Fsp3) is 0.214. The van der Waals surface area contributed by atoms with Crippen LogP contribution in [0, 0.1) is 11.6 Å². The molecule has 6 nitrogen and oxygen atoms in total. The molecule has 2 atom stereocenters. The number of fused-ring (bicyclic) bond motifs is 1. The van der Waals surface area contributed by atoms with Crippen LogP contribution in [0.15, 0.2) is 79.0 Å². The van der Waals surface area contributed by atoms with Crippen LogP contribution >= 0.6 is 0 Å². The van der Waals surface area contributed by atoms with Gasteiger partial charge in [-0.1, -0.05) is 48.5 Å². The molecule has 0 aliphatic carbocycles. The molecule has 0 aliphatic rings. The summed E-state index contributed by atoms with van der Waals surface area (Å²) in [6.45, 7) is 2.80. The normalized spacial score (nSPS) is 13.7. The van der Waals surface area contributed by atoms with Gasteiger partial charge in [0.1, 0.15) is 17.2 Å². The number of nitrogens with zero attached hydrogens (tertiary/aromatic N) is 1. The first-order valence-electron chi connectivity index (χ1n) is 11.5. The zero-order valence-electron chi connectivity index (χ0n) is 20.0. The molecule has 2 amide bonds. The van der Waals surface area contributed by atoms with Crippen LogP contribution in [0.25, 0.3) is 10.9 Å². The van der Waals surface area contributed by atoms with E-state index < -0.39 is 41.8 Å². The van der Waals surface area contributed by atoms with E-state index in [-0.39, 0.29) is 12.0 Å². The summed E-state index contributed by atoms with van der Waals surface area (Å²) < 4.78 is 28.4. The van der Waals surface area contributed by atoms with Crippen LogP contribution < -0.4 is 5.32 Å². The average molecular weight is 492 g/mol. The highest BCUT2D eigenvalue weighted by molar-refractivity contribution is 5.91. The summed E-state index contributed by atoms with van der Waals surface area (Å²) >= 11 is 0. The van der Waals surface area contributed by atoms with Gasteiger partial charge in [-0.3, -0.25) is 9.69 Å². The van der Waals surface area contributed by atoms with Crippen molar-refractivity contribution in [1.82, 2.24) is 15.2 Å². The number of hydrogen-bond donors (Lipinski definition) is 3. The van der Waals surface area contributed by atoms with Crippen molar-refractivity contribution in [3.8, 4) is 0 Å². The molecule has 1 heterocycles. The maximum Gasteiger partial charge on any atom is 0.408 e. The first-order chi connectivity index (χ1) is 17.2. The second-order valence-electron chi connectivity index (χ2n) is 9.02. The Kier molecular flexibility index (Phi) is 7.05. The minimum absolute atomic E-state index is 0.00753. The number of aromatic nitrogens is 1. The van der Waals surface area contributed by atoms with Crippen molar-refractivity contribution in [2.75, 3.05) is 0 Å². The Labute approximate surface area is 207 Å². The summed E-state index contributed by atoms with van der Waals surface area (Å²) in [6, 6.07) is 19.2. The van der Waals surface area contributed by atoms with E-state index in [0.717, 1.165) is 45.1 Å². The molecule has 0 aliphatic heterocycles.